The maximum atomic E-state index is 10.9. The fraction of sp³-hybridized carbons (Fsp3) is 0. The van der Waals surface area contributed by atoms with E-state index in [0.717, 1.165) is 15.9 Å². The van der Waals surface area contributed by atoms with Crippen molar-refractivity contribution in [1.82, 2.24) is 4.98 Å². The summed E-state index contributed by atoms with van der Waals surface area (Å²) in [6, 6.07) is 5.11. The lowest BCUT2D eigenvalue weighted by atomic mass is 10.2. The number of hydrogen-bond donors (Lipinski definition) is 0. The van der Waals surface area contributed by atoms with Gasteiger partial charge in [-0.25, -0.2) is 0 Å². The molecule has 0 fully saturated rings. The van der Waals surface area contributed by atoms with Crippen molar-refractivity contribution in [2.45, 2.75) is 0 Å². The first kappa shape index (κ1) is 10.1. The summed E-state index contributed by atoms with van der Waals surface area (Å²) < 4.78 is 0. The van der Waals surface area contributed by atoms with Crippen molar-refractivity contribution in [2.75, 3.05) is 0 Å². The van der Waals surface area contributed by atoms with E-state index in [2.05, 4.69) is 4.98 Å². The van der Waals surface area contributed by atoms with Gasteiger partial charge in [0.2, 0.25) is 0 Å². The quantitative estimate of drug-likeness (QED) is 0.737. The van der Waals surface area contributed by atoms with E-state index in [9.17, 15) is 4.79 Å². The Morgan fingerprint density at radius 3 is 2.21 bits per heavy atom. The van der Waals surface area contributed by atoms with Crippen LogP contribution in [0.2, 0.25) is 10.0 Å². The van der Waals surface area contributed by atoms with Crippen LogP contribution in [0.5, 0.6) is 0 Å². The van der Waals surface area contributed by atoms with Gasteiger partial charge in [0.05, 0.1) is 0 Å². The fourth-order valence-corrected chi connectivity index (χ4v) is 3.15. The van der Waals surface area contributed by atoms with E-state index >= 15 is 0 Å². The molecular formula is C8H3Cl2NOS2. The Bertz CT molecular complexity index is 500. The second-order valence-corrected chi connectivity index (χ2v) is 5.45. The topological polar surface area (TPSA) is 30.0 Å². The molecule has 1 heterocycles. The fourth-order valence-electron chi connectivity index (χ4n) is 0.985. The number of halogens is 2. The minimum Gasteiger partial charge on any atom is -0.254 e. The molecule has 0 aliphatic rings. The SMILES string of the molecule is O=c1nc(-c2cc(Cl)cc(Cl)c2)ss1. The first-order chi connectivity index (χ1) is 6.65. The zero-order valence-corrected chi connectivity index (χ0v) is 9.80. The third-order valence-electron chi connectivity index (χ3n) is 1.49. The molecule has 0 saturated heterocycles. The van der Waals surface area contributed by atoms with Crippen molar-refractivity contribution >= 4 is 43.9 Å². The second kappa shape index (κ2) is 3.98. The molecule has 0 spiro atoms. The average Bonchev–Trinajstić information content (AvgIpc) is 2.50. The molecule has 0 unspecified atom stereocenters. The first-order valence-corrected chi connectivity index (χ1v) is 6.49. The molecule has 1 aromatic heterocycles. The van der Waals surface area contributed by atoms with Gasteiger partial charge in [-0.05, 0) is 28.5 Å². The van der Waals surface area contributed by atoms with Crippen molar-refractivity contribution < 1.29 is 0 Å². The summed E-state index contributed by atoms with van der Waals surface area (Å²) in [6.45, 7) is 0. The smallest absolute Gasteiger partial charge is 0.254 e. The predicted octanol–water partition coefficient (Wildman–Crippen LogP) is 3.54. The van der Waals surface area contributed by atoms with Gasteiger partial charge in [-0.15, -0.1) is 0 Å². The zero-order valence-electron chi connectivity index (χ0n) is 6.66. The molecule has 0 saturated carbocycles. The van der Waals surface area contributed by atoms with Crippen molar-refractivity contribution in [3.63, 3.8) is 0 Å². The van der Waals surface area contributed by atoms with Crippen LogP contribution >= 0.6 is 43.9 Å². The van der Waals surface area contributed by atoms with Gasteiger partial charge in [0.15, 0.2) is 0 Å². The summed E-state index contributed by atoms with van der Waals surface area (Å²) in [4.78, 5) is 14.5. The molecule has 1 aromatic carbocycles. The number of benzene rings is 1. The van der Waals surface area contributed by atoms with Crippen molar-refractivity contribution in [3.05, 3.63) is 37.9 Å². The van der Waals surface area contributed by atoms with Crippen molar-refractivity contribution in [3.8, 4) is 10.6 Å². The Kier molecular flexibility index (Phi) is 2.88. The molecule has 0 amide bonds. The van der Waals surface area contributed by atoms with Gasteiger partial charge in [-0.2, -0.15) is 4.98 Å². The minimum absolute atomic E-state index is 0.193. The Morgan fingerprint density at radius 1 is 1.07 bits per heavy atom. The molecule has 2 nitrogen and oxygen atoms in total. The molecule has 0 N–H and O–H groups in total. The van der Waals surface area contributed by atoms with Crippen LogP contribution in [0.3, 0.4) is 0 Å². The summed E-state index contributed by atoms with van der Waals surface area (Å²) in [5.74, 6) is 0. The van der Waals surface area contributed by atoms with E-state index < -0.39 is 0 Å². The molecule has 2 rings (SSSR count). The molecule has 72 valence electrons. The molecule has 14 heavy (non-hydrogen) atoms. The summed E-state index contributed by atoms with van der Waals surface area (Å²) >= 11 is 11.6. The number of rotatable bonds is 1. The zero-order chi connectivity index (χ0) is 10.1. The van der Waals surface area contributed by atoms with Crippen molar-refractivity contribution in [1.29, 1.82) is 0 Å². The van der Waals surface area contributed by atoms with Gasteiger partial charge >= 0.3 is 4.87 Å². The Morgan fingerprint density at radius 2 is 1.71 bits per heavy atom. The third-order valence-corrected chi connectivity index (χ3v) is 3.88. The monoisotopic (exact) mass is 263 g/mol. The van der Waals surface area contributed by atoms with E-state index in [1.807, 2.05) is 0 Å². The van der Waals surface area contributed by atoms with Crippen LogP contribution in [-0.4, -0.2) is 4.98 Å². The maximum Gasteiger partial charge on any atom is 0.337 e. The van der Waals surface area contributed by atoms with Gasteiger partial charge in [-0.3, -0.25) is 4.79 Å². The highest BCUT2D eigenvalue weighted by atomic mass is 35.5. The van der Waals surface area contributed by atoms with Crippen LogP contribution in [0.15, 0.2) is 23.0 Å². The second-order valence-electron chi connectivity index (χ2n) is 2.51. The summed E-state index contributed by atoms with van der Waals surface area (Å²) in [6.07, 6.45) is 0. The molecule has 0 aliphatic carbocycles. The van der Waals surface area contributed by atoms with E-state index in [0.29, 0.717) is 15.1 Å². The minimum atomic E-state index is -0.193. The van der Waals surface area contributed by atoms with Gasteiger partial charge in [0.25, 0.3) is 0 Å². The van der Waals surface area contributed by atoms with Crippen molar-refractivity contribution in [2.24, 2.45) is 0 Å². The Hall–Kier alpha value is -0.420. The van der Waals surface area contributed by atoms with E-state index in [4.69, 9.17) is 23.2 Å². The Balaban J connectivity index is 2.56. The molecule has 0 bridgehead atoms. The molecule has 0 radical (unpaired) electrons. The van der Waals surface area contributed by atoms with Crippen LogP contribution < -0.4 is 4.87 Å². The van der Waals surface area contributed by atoms with Crippen LogP contribution in [-0.2, 0) is 0 Å². The van der Waals surface area contributed by atoms with E-state index in [1.165, 1.54) is 10.3 Å². The number of aromatic nitrogens is 1. The average molecular weight is 264 g/mol. The van der Waals surface area contributed by atoms with Crippen LogP contribution in [0.1, 0.15) is 0 Å². The van der Waals surface area contributed by atoms with Crippen LogP contribution in [0, 0.1) is 0 Å². The van der Waals surface area contributed by atoms with Gasteiger partial charge in [0, 0.05) is 15.6 Å². The highest BCUT2D eigenvalue weighted by Gasteiger charge is 2.05. The highest BCUT2D eigenvalue weighted by molar-refractivity contribution is 7.69. The summed E-state index contributed by atoms with van der Waals surface area (Å²) in [5, 5.41) is 1.74. The van der Waals surface area contributed by atoms with Gasteiger partial charge in [0.1, 0.15) is 5.01 Å². The number of hydrogen-bond acceptors (Lipinski definition) is 4. The highest BCUT2D eigenvalue weighted by Crippen LogP contribution is 2.28. The lowest BCUT2D eigenvalue weighted by Gasteiger charge is -1.97. The third kappa shape index (κ3) is 2.15. The molecule has 0 atom stereocenters. The first-order valence-electron chi connectivity index (χ1n) is 3.59. The normalized spacial score (nSPS) is 10.4. The number of nitrogens with zero attached hydrogens (tertiary/aromatic N) is 1. The van der Waals surface area contributed by atoms with Crippen LogP contribution in [0.4, 0.5) is 0 Å². The van der Waals surface area contributed by atoms with E-state index in [1.54, 1.807) is 18.2 Å². The van der Waals surface area contributed by atoms with Gasteiger partial charge < -0.3 is 0 Å². The maximum absolute atomic E-state index is 10.9. The van der Waals surface area contributed by atoms with E-state index in [-0.39, 0.29) is 4.87 Å². The van der Waals surface area contributed by atoms with Crippen LogP contribution in [0.25, 0.3) is 10.6 Å². The standard InChI is InChI=1S/C8H3Cl2NOS2/c9-5-1-4(2-6(10)3-5)7-11-8(12)14-13-7/h1-3H. The summed E-state index contributed by atoms with van der Waals surface area (Å²) in [7, 11) is 2.42. The lowest BCUT2D eigenvalue weighted by Crippen LogP contribution is -1.92. The molecule has 2 aromatic rings. The molecule has 0 aliphatic heterocycles. The molecule has 6 heteroatoms. The van der Waals surface area contributed by atoms with Gasteiger partial charge in [-0.1, -0.05) is 33.5 Å². The Labute approximate surface area is 97.1 Å². The predicted molar refractivity (Wildman–Crippen MR) is 61.7 cm³/mol. The largest absolute Gasteiger partial charge is 0.337 e. The summed E-state index contributed by atoms with van der Waals surface area (Å²) in [5.41, 5.74) is 0.783. The lowest BCUT2D eigenvalue weighted by molar-refractivity contribution is 1.36. The molecular weight excluding hydrogens is 261 g/mol.